The van der Waals surface area contributed by atoms with Crippen molar-refractivity contribution in [3.8, 4) is 5.75 Å². The van der Waals surface area contributed by atoms with Crippen LogP contribution in [0, 0.1) is 0 Å². The summed E-state index contributed by atoms with van der Waals surface area (Å²) < 4.78 is 10.4. The second kappa shape index (κ2) is 11.1. The molecule has 0 aromatic heterocycles. The summed E-state index contributed by atoms with van der Waals surface area (Å²) in [5.74, 6) is -0.570. The van der Waals surface area contributed by atoms with Gasteiger partial charge in [-0.25, -0.2) is 9.79 Å². The van der Waals surface area contributed by atoms with E-state index >= 15 is 0 Å². The number of amidine groups is 1. The lowest BCUT2D eigenvalue weighted by atomic mass is 10.0. The molecule has 9 nitrogen and oxygen atoms in total. The van der Waals surface area contributed by atoms with Gasteiger partial charge >= 0.3 is 5.97 Å². The molecule has 0 aliphatic carbocycles. The molecule has 2 aromatic rings. The molecule has 0 fully saturated rings. The van der Waals surface area contributed by atoms with E-state index in [0.717, 1.165) is 5.56 Å². The van der Waals surface area contributed by atoms with Crippen molar-refractivity contribution in [2.45, 2.75) is 33.2 Å². The number of hydrogen-bond donors (Lipinski definition) is 3. The summed E-state index contributed by atoms with van der Waals surface area (Å²) >= 11 is 0. The molecule has 1 heterocycles. The molecule has 0 radical (unpaired) electrons. The fourth-order valence-corrected chi connectivity index (χ4v) is 3.54. The highest BCUT2D eigenvalue weighted by Crippen LogP contribution is 2.30. The van der Waals surface area contributed by atoms with E-state index < -0.39 is 17.9 Å². The van der Waals surface area contributed by atoms with Gasteiger partial charge in [0.25, 0.3) is 0 Å². The normalized spacial score (nSPS) is 13.5. The van der Waals surface area contributed by atoms with Crippen LogP contribution in [-0.2, 0) is 19.1 Å². The topological polar surface area (TPSA) is 118 Å². The molecule has 1 aliphatic rings. The van der Waals surface area contributed by atoms with Crippen LogP contribution in [0.25, 0.3) is 0 Å². The number of ether oxygens (including phenoxy) is 2. The number of amides is 2. The zero-order valence-corrected chi connectivity index (χ0v) is 19.6. The van der Waals surface area contributed by atoms with E-state index in [1.807, 2.05) is 18.2 Å². The Morgan fingerprint density at radius 3 is 2.44 bits per heavy atom. The van der Waals surface area contributed by atoms with Crippen LogP contribution in [0.3, 0.4) is 0 Å². The van der Waals surface area contributed by atoms with Gasteiger partial charge in [0.05, 0.1) is 37.6 Å². The summed E-state index contributed by atoms with van der Waals surface area (Å²) in [7, 11) is 1.56. The number of para-hydroxylation sites is 2. The van der Waals surface area contributed by atoms with Gasteiger partial charge in [0.1, 0.15) is 17.2 Å². The Morgan fingerprint density at radius 2 is 1.79 bits per heavy atom. The van der Waals surface area contributed by atoms with Crippen molar-refractivity contribution in [2.24, 2.45) is 4.99 Å². The van der Waals surface area contributed by atoms with Crippen LogP contribution in [0.2, 0.25) is 0 Å². The standard InChI is InChI=1S/C25H28N4O5/c1-5-34-25(32)23-15(2)26-19-8-6-7-9-20(19)28-24(23)29-22(31)14-21(27-16(3)30)17-10-12-18(33-4)13-11-17/h6-13,21,26H,5,14H2,1-4H3,(H,27,30)(H,28,29,31). The summed E-state index contributed by atoms with van der Waals surface area (Å²) in [6.45, 7) is 4.98. The summed E-state index contributed by atoms with van der Waals surface area (Å²) in [6, 6.07) is 13.7. The number of fused-ring (bicyclic) bond motifs is 1. The lowest BCUT2D eigenvalue weighted by Gasteiger charge is -2.19. The minimum absolute atomic E-state index is 0.0742. The van der Waals surface area contributed by atoms with Gasteiger partial charge < -0.3 is 25.4 Å². The lowest BCUT2D eigenvalue weighted by molar-refractivity contribution is -0.137. The van der Waals surface area contributed by atoms with E-state index in [4.69, 9.17) is 9.47 Å². The molecule has 2 aromatic carbocycles. The van der Waals surface area contributed by atoms with Crippen molar-refractivity contribution >= 4 is 35.0 Å². The SMILES string of the molecule is CCOC(=O)C1=C(C)Nc2ccccc2N=C1NC(=O)CC(NC(C)=O)c1ccc(OC)cc1. The molecule has 3 N–H and O–H groups in total. The maximum Gasteiger partial charge on any atom is 0.343 e. The van der Waals surface area contributed by atoms with E-state index in [-0.39, 0.29) is 30.3 Å². The first-order valence-electron chi connectivity index (χ1n) is 10.9. The van der Waals surface area contributed by atoms with Gasteiger partial charge in [-0.2, -0.15) is 0 Å². The Bertz CT molecular complexity index is 1140. The fraction of sp³-hybridized carbons (Fsp3) is 0.280. The first-order valence-corrected chi connectivity index (χ1v) is 10.9. The average Bonchev–Trinajstić information content (AvgIpc) is 2.93. The molecule has 0 spiro atoms. The largest absolute Gasteiger partial charge is 0.497 e. The number of esters is 1. The first kappa shape index (κ1) is 24.5. The molecule has 0 saturated carbocycles. The quantitative estimate of drug-likeness (QED) is 0.541. The van der Waals surface area contributed by atoms with E-state index in [2.05, 4.69) is 20.9 Å². The molecular weight excluding hydrogens is 436 g/mol. The molecule has 1 unspecified atom stereocenters. The van der Waals surface area contributed by atoms with Crippen molar-refractivity contribution in [2.75, 3.05) is 19.0 Å². The highest BCUT2D eigenvalue weighted by Gasteiger charge is 2.27. The monoisotopic (exact) mass is 464 g/mol. The van der Waals surface area contributed by atoms with Crippen LogP contribution in [0.1, 0.15) is 38.8 Å². The van der Waals surface area contributed by atoms with Crippen LogP contribution in [0.4, 0.5) is 11.4 Å². The number of benzene rings is 2. The predicted octanol–water partition coefficient (Wildman–Crippen LogP) is 3.37. The molecule has 1 atom stereocenters. The molecule has 3 rings (SSSR count). The molecule has 1 aliphatic heterocycles. The number of aliphatic imine (C=N–C) groups is 1. The smallest absolute Gasteiger partial charge is 0.343 e. The Balaban J connectivity index is 1.90. The van der Waals surface area contributed by atoms with Gasteiger partial charge in [-0.1, -0.05) is 24.3 Å². The van der Waals surface area contributed by atoms with Crippen molar-refractivity contribution in [1.29, 1.82) is 0 Å². The number of rotatable bonds is 7. The number of carbonyl (C=O) groups is 3. The zero-order valence-electron chi connectivity index (χ0n) is 19.6. The van der Waals surface area contributed by atoms with Crippen molar-refractivity contribution in [3.05, 3.63) is 65.4 Å². The number of carbonyl (C=O) groups excluding carboxylic acids is 3. The fourth-order valence-electron chi connectivity index (χ4n) is 3.54. The summed E-state index contributed by atoms with van der Waals surface area (Å²) in [5, 5.41) is 8.71. The van der Waals surface area contributed by atoms with Gasteiger partial charge in [0.15, 0.2) is 0 Å². The summed E-state index contributed by atoms with van der Waals surface area (Å²) in [5.41, 5.74) is 2.62. The molecule has 178 valence electrons. The Labute approximate surface area is 198 Å². The summed E-state index contributed by atoms with van der Waals surface area (Å²) in [4.78, 5) is 42.2. The van der Waals surface area contributed by atoms with Crippen LogP contribution >= 0.6 is 0 Å². The van der Waals surface area contributed by atoms with E-state index in [9.17, 15) is 14.4 Å². The van der Waals surface area contributed by atoms with E-state index in [0.29, 0.717) is 22.8 Å². The highest BCUT2D eigenvalue weighted by molar-refractivity contribution is 6.24. The Kier molecular flexibility index (Phi) is 8.02. The number of hydrogen-bond acceptors (Lipinski definition) is 7. The van der Waals surface area contributed by atoms with Crippen LogP contribution in [-0.4, -0.2) is 37.3 Å². The molecule has 0 saturated heterocycles. The number of nitrogens with one attached hydrogen (secondary N) is 3. The molecule has 9 heteroatoms. The maximum atomic E-state index is 13.1. The van der Waals surface area contributed by atoms with Gasteiger partial charge in [-0.05, 0) is 43.7 Å². The van der Waals surface area contributed by atoms with Crippen molar-refractivity contribution in [1.82, 2.24) is 10.6 Å². The van der Waals surface area contributed by atoms with Gasteiger partial charge in [-0.3, -0.25) is 9.59 Å². The summed E-state index contributed by atoms with van der Waals surface area (Å²) in [6.07, 6.45) is -0.0742. The third-order valence-electron chi connectivity index (χ3n) is 5.09. The Morgan fingerprint density at radius 1 is 1.09 bits per heavy atom. The minimum Gasteiger partial charge on any atom is -0.497 e. The van der Waals surface area contributed by atoms with Crippen LogP contribution in [0.5, 0.6) is 5.75 Å². The average molecular weight is 465 g/mol. The lowest BCUT2D eigenvalue weighted by Crippen LogP contribution is -2.38. The van der Waals surface area contributed by atoms with E-state index in [1.165, 1.54) is 6.92 Å². The van der Waals surface area contributed by atoms with E-state index in [1.54, 1.807) is 51.3 Å². The van der Waals surface area contributed by atoms with Crippen molar-refractivity contribution < 1.29 is 23.9 Å². The molecule has 34 heavy (non-hydrogen) atoms. The predicted molar refractivity (Wildman–Crippen MR) is 129 cm³/mol. The molecule has 0 bridgehead atoms. The number of nitrogens with zero attached hydrogens (tertiary/aromatic N) is 1. The molecule has 2 amide bonds. The second-order valence-corrected chi connectivity index (χ2v) is 7.60. The minimum atomic E-state index is -0.604. The van der Waals surface area contributed by atoms with Gasteiger partial charge in [-0.15, -0.1) is 0 Å². The van der Waals surface area contributed by atoms with Crippen molar-refractivity contribution in [3.63, 3.8) is 0 Å². The maximum absolute atomic E-state index is 13.1. The van der Waals surface area contributed by atoms with Crippen LogP contribution < -0.4 is 20.7 Å². The highest BCUT2D eigenvalue weighted by atomic mass is 16.5. The number of allylic oxidation sites excluding steroid dienone is 1. The third kappa shape index (κ3) is 6.00. The van der Waals surface area contributed by atoms with Gasteiger partial charge in [0.2, 0.25) is 11.8 Å². The molecular formula is C25H28N4O5. The Hall–Kier alpha value is -4.14. The zero-order chi connectivity index (χ0) is 24.7. The third-order valence-corrected chi connectivity index (χ3v) is 5.09. The second-order valence-electron chi connectivity index (χ2n) is 7.60. The van der Waals surface area contributed by atoms with Crippen LogP contribution in [0.15, 0.2) is 64.8 Å². The number of anilines is 1. The number of methoxy groups -OCH3 is 1. The van der Waals surface area contributed by atoms with Gasteiger partial charge in [0, 0.05) is 12.6 Å². The first-order chi connectivity index (χ1) is 16.3.